The predicted octanol–water partition coefficient (Wildman–Crippen LogP) is 2.71. The van der Waals surface area contributed by atoms with Crippen molar-refractivity contribution in [2.45, 2.75) is 58.1 Å². The summed E-state index contributed by atoms with van der Waals surface area (Å²) in [5.41, 5.74) is -1.81. The summed E-state index contributed by atoms with van der Waals surface area (Å²) in [7, 11) is 0. The molecular weight excluding hydrogens is 207 g/mol. The minimum Gasteiger partial charge on any atom is -0.387 e. The van der Waals surface area contributed by atoms with E-state index in [2.05, 4.69) is 6.58 Å². The first-order chi connectivity index (χ1) is 7.32. The van der Waals surface area contributed by atoms with Crippen molar-refractivity contribution in [3.63, 3.8) is 0 Å². The van der Waals surface area contributed by atoms with Gasteiger partial charge in [0.25, 0.3) is 0 Å². The van der Waals surface area contributed by atoms with E-state index >= 15 is 0 Å². The molecule has 1 fully saturated rings. The molecule has 3 heteroatoms. The lowest BCUT2D eigenvalue weighted by Gasteiger charge is -2.27. The minimum absolute atomic E-state index is 0.0230. The second kappa shape index (κ2) is 4.84. The zero-order valence-electron chi connectivity index (χ0n) is 10.6. The second-order valence-corrected chi connectivity index (χ2v) is 5.44. The first-order valence-corrected chi connectivity index (χ1v) is 5.99. The second-order valence-electron chi connectivity index (χ2n) is 5.44. The van der Waals surface area contributed by atoms with Crippen LogP contribution in [-0.2, 0) is 4.74 Å². The van der Waals surface area contributed by atoms with Gasteiger partial charge >= 0.3 is 0 Å². The van der Waals surface area contributed by atoms with Crippen LogP contribution in [0.25, 0.3) is 0 Å². The van der Waals surface area contributed by atoms with Gasteiger partial charge < -0.3 is 9.84 Å². The quantitative estimate of drug-likeness (QED) is 0.752. The van der Waals surface area contributed by atoms with E-state index in [9.17, 15) is 9.50 Å². The molecule has 1 aliphatic rings. The molecule has 0 amide bonds. The Hall–Kier alpha value is -0.410. The lowest BCUT2D eigenvalue weighted by Crippen LogP contribution is -2.44. The third kappa shape index (κ3) is 2.30. The Morgan fingerprint density at radius 3 is 2.31 bits per heavy atom. The summed E-state index contributed by atoms with van der Waals surface area (Å²) in [5.74, 6) is 0.398. The summed E-state index contributed by atoms with van der Waals surface area (Å²) >= 11 is 0. The van der Waals surface area contributed by atoms with Gasteiger partial charge in [-0.1, -0.05) is 34.3 Å². The molecule has 4 atom stereocenters. The maximum atomic E-state index is 14.6. The van der Waals surface area contributed by atoms with Crippen molar-refractivity contribution in [2.24, 2.45) is 11.8 Å². The molecule has 0 aromatic carbocycles. The van der Waals surface area contributed by atoms with Crippen LogP contribution in [0.4, 0.5) is 4.39 Å². The fraction of sp³-hybridized carbons (Fsp3) is 0.846. The molecule has 0 saturated carbocycles. The van der Waals surface area contributed by atoms with Gasteiger partial charge in [-0.2, -0.15) is 0 Å². The van der Waals surface area contributed by atoms with E-state index in [0.29, 0.717) is 12.3 Å². The van der Waals surface area contributed by atoms with Crippen molar-refractivity contribution in [1.29, 1.82) is 0 Å². The highest BCUT2D eigenvalue weighted by Crippen LogP contribution is 2.41. The molecule has 0 aromatic rings. The Kier molecular flexibility index (Phi) is 4.13. The number of alkyl halides is 1. The van der Waals surface area contributed by atoms with Crippen molar-refractivity contribution < 1.29 is 14.2 Å². The van der Waals surface area contributed by atoms with Gasteiger partial charge in [0, 0.05) is 0 Å². The number of hydrogen-bond acceptors (Lipinski definition) is 2. The van der Waals surface area contributed by atoms with Crippen molar-refractivity contribution in [2.75, 3.05) is 0 Å². The minimum atomic E-state index is -1.81. The molecule has 0 spiro atoms. The molecule has 0 aromatic heterocycles. The maximum absolute atomic E-state index is 14.6. The SMILES string of the molecule is C=C[C@@]1(F)[C@H](O)[C@@H](CC(C)C)O[C@H]1C(C)C. The molecule has 1 aliphatic heterocycles. The van der Waals surface area contributed by atoms with E-state index < -0.39 is 24.0 Å². The molecule has 0 unspecified atom stereocenters. The smallest absolute Gasteiger partial charge is 0.183 e. The van der Waals surface area contributed by atoms with Crippen LogP contribution in [0, 0.1) is 11.8 Å². The molecule has 0 radical (unpaired) electrons. The predicted molar refractivity (Wildman–Crippen MR) is 63.0 cm³/mol. The van der Waals surface area contributed by atoms with Gasteiger partial charge in [0.05, 0.1) is 6.10 Å². The highest BCUT2D eigenvalue weighted by atomic mass is 19.1. The van der Waals surface area contributed by atoms with Crippen molar-refractivity contribution in [1.82, 2.24) is 0 Å². The van der Waals surface area contributed by atoms with Gasteiger partial charge in [0.1, 0.15) is 12.2 Å². The largest absolute Gasteiger partial charge is 0.387 e. The number of hydrogen-bond donors (Lipinski definition) is 1. The molecule has 94 valence electrons. The van der Waals surface area contributed by atoms with Gasteiger partial charge in [0.15, 0.2) is 5.67 Å². The van der Waals surface area contributed by atoms with Crippen LogP contribution in [0.2, 0.25) is 0 Å². The molecular formula is C13H23FO2. The van der Waals surface area contributed by atoms with Crippen LogP contribution in [0.1, 0.15) is 34.1 Å². The Labute approximate surface area is 97.5 Å². The average Bonchev–Trinajstić information content (AvgIpc) is 2.43. The van der Waals surface area contributed by atoms with Crippen molar-refractivity contribution in [3.8, 4) is 0 Å². The molecule has 16 heavy (non-hydrogen) atoms. The van der Waals surface area contributed by atoms with Crippen LogP contribution < -0.4 is 0 Å². The van der Waals surface area contributed by atoms with Gasteiger partial charge in [0.2, 0.25) is 0 Å². The lowest BCUT2D eigenvalue weighted by molar-refractivity contribution is -0.0231. The fourth-order valence-electron chi connectivity index (χ4n) is 2.37. The van der Waals surface area contributed by atoms with E-state index in [4.69, 9.17) is 4.74 Å². The summed E-state index contributed by atoms with van der Waals surface area (Å²) < 4.78 is 20.2. The Morgan fingerprint density at radius 2 is 2.00 bits per heavy atom. The highest BCUT2D eigenvalue weighted by molar-refractivity contribution is 5.14. The van der Waals surface area contributed by atoms with Crippen LogP contribution >= 0.6 is 0 Å². The summed E-state index contributed by atoms with van der Waals surface area (Å²) in [5, 5.41) is 10.0. The summed E-state index contributed by atoms with van der Waals surface area (Å²) in [6, 6.07) is 0. The van der Waals surface area contributed by atoms with E-state index in [-0.39, 0.29) is 5.92 Å². The molecule has 0 bridgehead atoms. The average molecular weight is 230 g/mol. The first-order valence-electron chi connectivity index (χ1n) is 5.99. The highest BCUT2D eigenvalue weighted by Gasteiger charge is 2.55. The Balaban J connectivity index is 2.87. The lowest BCUT2D eigenvalue weighted by atomic mass is 9.85. The number of rotatable bonds is 4. The monoisotopic (exact) mass is 230 g/mol. The van der Waals surface area contributed by atoms with Gasteiger partial charge in [-0.25, -0.2) is 4.39 Å². The molecule has 1 N–H and O–H groups in total. The molecule has 1 rings (SSSR count). The summed E-state index contributed by atoms with van der Waals surface area (Å²) in [6.45, 7) is 11.4. The fourth-order valence-corrected chi connectivity index (χ4v) is 2.37. The number of aliphatic hydroxyl groups is 1. The molecule has 2 nitrogen and oxygen atoms in total. The topological polar surface area (TPSA) is 29.5 Å². The maximum Gasteiger partial charge on any atom is 0.183 e. The number of ether oxygens (including phenoxy) is 1. The third-order valence-corrected chi connectivity index (χ3v) is 3.19. The van der Waals surface area contributed by atoms with Gasteiger partial charge in [-0.3, -0.25) is 0 Å². The zero-order chi connectivity index (χ0) is 12.5. The first kappa shape index (κ1) is 13.7. The standard InChI is InChI=1S/C13H23FO2/c1-6-13(14)11(15)10(7-8(2)3)16-12(13)9(4)5/h6,8-12,15H,1,7H2,2-5H3/t10-,11-,12+,13-/m1/s1. The van der Waals surface area contributed by atoms with Crippen molar-refractivity contribution in [3.05, 3.63) is 12.7 Å². The normalized spacial score (nSPS) is 39.6. The summed E-state index contributed by atoms with van der Waals surface area (Å²) in [4.78, 5) is 0. The van der Waals surface area contributed by atoms with Crippen LogP contribution in [-0.4, -0.2) is 29.1 Å². The van der Waals surface area contributed by atoms with E-state index in [0.717, 1.165) is 0 Å². The van der Waals surface area contributed by atoms with Gasteiger partial charge in [-0.05, 0) is 24.3 Å². The van der Waals surface area contributed by atoms with Crippen LogP contribution in [0.5, 0.6) is 0 Å². The third-order valence-electron chi connectivity index (χ3n) is 3.19. The number of halogens is 1. The van der Waals surface area contributed by atoms with Crippen LogP contribution in [0.3, 0.4) is 0 Å². The summed E-state index contributed by atoms with van der Waals surface area (Å²) in [6.07, 6.45) is -0.244. The van der Waals surface area contributed by atoms with Gasteiger partial charge in [-0.15, -0.1) is 0 Å². The zero-order valence-corrected chi connectivity index (χ0v) is 10.6. The van der Waals surface area contributed by atoms with E-state index in [1.165, 1.54) is 6.08 Å². The molecule has 0 aliphatic carbocycles. The Morgan fingerprint density at radius 1 is 1.44 bits per heavy atom. The van der Waals surface area contributed by atoms with Crippen LogP contribution in [0.15, 0.2) is 12.7 Å². The van der Waals surface area contributed by atoms with E-state index in [1.54, 1.807) is 0 Å². The molecule has 1 saturated heterocycles. The molecule has 1 heterocycles. The van der Waals surface area contributed by atoms with E-state index in [1.807, 2.05) is 27.7 Å². The number of aliphatic hydroxyl groups excluding tert-OH is 1. The van der Waals surface area contributed by atoms with Crippen molar-refractivity contribution >= 4 is 0 Å². The Bertz CT molecular complexity index is 252.